The summed E-state index contributed by atoms with van der Waals surface area (Å²) < 4.78 is 0. The smallest absolute Gasteiger partial charge is 0.245 e. The van der Waals surface area contributed by atoms with Crippen LogP contribution in [0.4, 0.5) is 0 Å². The first-order chi connectivity index (χ1) is 11.0. The highest BCUT2D eigenvalue weighted by Gasteiger charge is 2.36. The molecule has 0 aliphatic carbocycles. The summed E-state index contributed by atoms with van der Waals surface area (Å²) in [6, 6.07) is 16.3. The van der Waals surface area contributed by atoms with Gasteiger partial charge in [0.05, 0.1) is 5.92 Å². The third-order valence-electron chi connectivity index (χ3n) is 3.78. The lowest BCUT2D eigenvalue weighted by atomic mass is 9.83. The Morgan fingerprint density at radius 2 is 1.43 bits per heavy atom. The number of benzene rings is 2. The Hall–Kier alpha value is -2.82. The average Bonchev–Trinajstić information content (AvgIpc) is 2.55. The molecule has 0 saturated carbocycles. The van der Waals surface area contributed by atoms with E-state index in [4.69, 9.17) is 0 Å². The van der Waals surface area contributed by atoms with Crippen molar-refractivity contribution < 1.29 is 14.5 Å². The molecular weight excluding hydrogens is 294 g/mol. The third-order valence-corrected chi connectivity index (χ3v) is 3.78. The van der Waals surface area contributed by atoms with Gasteiger partial charge >= 0.3 is 0 Å². The molecule has 2 rings (SSSR count). The van der Waals surface area contributed by atoms with Crippen molar-refractivity contribution in [1.82, 2.24) is 0 Å². The zero-order valence-electron chi connectivity index (χ0n) is 12.7. The van der Waals surface area contributed by atoms with Gasteiger partial charge in [-0.05, 0) is 5.56 Å². The van der Waals surface area contributed by atoms with Crippen LogP contribution in [0.5, 0.6) is 0 Å². The minimum Gasteiger partial charge on any atom is -0.291 e. The van der Waals surface area contributed by atoms with Crippen molar-refractivity contribution >= 4 is 11.6 Å². The van der Waals surface area contributed by atoms with E-state index in [9.17, 15) is 19.7 Å². The Morgan fingerprint density at radius 1 is 0.957 bits per heavy atom. The topological polar surface area (TPSA) is 77.3 Å². The van der Waals surface area contributed by atoms with Gasteiger partial charge in [-0.25, -0.2) is 0 Å². The maximum absolute atomic E-state index is 11.9. The van der Waals surface area contributed by atoms with Gasteiger partial charge in [0.25, 0.3) is 0 Å². The van der Waals surface area contributed by atoms with Crippen LogP contribution in [0.3, 0.4) is 0 Å². The summed E-state index contributed by atoms with van der Waals surface area (Å²) >= 11 is 0. The fraction of sp³-hybridized carbons (Fsp3) is 0.222. The molecule has 0 heterocycles. The SMILES string of the molecule is CC(=O)C(=O)C[C@H](c1ccccc1)[C@H](c1ccccc1)[N+](=O)[O-]. The number of carbonyl (C=O) groups is 2. The second-order valence-corrected chi connectivity index (χ2v) is 5.34. The Balaban J connectivity index is 2.47. The Bertz CT molecular complexity index is 697. The molecule has 118 valence electrons. The van der Waals surface area contributed by atoms with Gasteiger partial charge in [-0.1, -0.05) is 60.7 Å². The summed E-state index contributed by atoms with van der Waals surface area (Å²) in [5, 5.41) is 11.7. The summed E-state index contributed by atoms with van der Waals surface area (Å²) in [6.07, 6.45) is -0.181. The molecule has 0 saturated heterocycles. The van der Waals surface area contributed by atoms with Crippen molar-refractivity contribution in [1.29, 1.82) is 0 Å². The molecule has 0 fully saturated rings. The van der Waals surface area contributed by atoms with Crippen LogP contribution >= 0.6 is 0 Å². The third kappa shape index (κ3) is 4.10. The molecule has 0 radical (unpaired) electrons. The van der Waals surface area contributed by atoms with E-state index in [1.807, 2.05) is 0 Å². The van der Waals surface area contributed by atoms with E-state index >= 15 is 0 Å². The minimum absolute atomic E-state index is 0.181. The van der Waals surface area contributed by atoms with Crippen molar-refractivity contribution in [2.75, 3.05) is 0 Å². The van der Waals surface area contributed by atoms with E-state index in [2.05, 4.69) is 0 Å². The van der Waals surface area contributed by atoms with E-state index in [1.54, 1.807) is 60.7 Å². The number of nitro groups is 1. The zero-order chi connectivity index (χ0) is 16.8. The molecule has 2 aromatic rings. The van der Waals surface area contributed by atoms with Crippen LogP contribution in [-0.2, 0) is 9.59 Å². The van der Waals surface area contributed by atoms with Crippen LogP contribution in [0.25, 0.3) is 0 Å². The summed E-state index contributed by atoms with van der Waals surface area (Å²) in [5.74, 6) is -1.87. The normalized spacial score (nSPS) is 13.1. The fourth-order valence-electron chi connectivity index (χ4n) is 2.61. The number of rotatable bonds is 7. The molecule has 2 atom stereocenters. The Morgan fingerprint density at radius 3 is 1.87 bits per heavy atom. The fourth-order valence-corrected chi connectivity index (χ4v) is 2.61. The van der Waals surface area contributed by atoms with E-state index in [0.29, 0.717) is 11.1 Å². The van der Waals surface area contributed by atoms with Gasteiger partial charge in [-0.15, -0.1) is 0 Å². The summed E-state index contributed by atoms with van der Waals surface area (Å²) in [7, 11) is 0. The first-order valence-electron chi connectivity index (χ1n) is 7.28. The molecule has 0 aromatic heterocycles. The molecule has 2 aromatic carbocycles. The number of carbonyl (C=O) groups excluding carboxylic acids is 2. The van der Waals surface area contributed by atoms with Crippen molar-refractivity contribution in [3.63, 3.8) is 0 Å². The van der Waals surface area contributed by atoms with Crippen LogP contribution < -0.4 is 0 Å². The van der Waals surface area contributed by atoms with Crippen molar-refractivity contribution in [2.45, 2.75) is 25.3 Å². The number of Topliss-reactive ketones (excluding diaryl/α,β-unsaturated/α-hetero) is 2. The van der Waals surface area contributed by atoms with E-state index in [0.717, 1.165) is 0 Å². The van der Waals surface area contributed by atoms with Crippen molar-refractivity contribution in [2.24, 2.45) is 0 Å². The molecule has 0 spiro atoms. The molecule has 0 amide bonds. The maximum atomic E-state index is 11.9. The van der Waals surface area contributed by atoms with Crippen LogP contribution in [0, 0.1) is 10.1 Å². The van der Waals surface area contributed by atoms with Gasteiger partial charge in [-0.2, -0.15) is 0 Å². The highest BCUT2D eigenvalue weighted by Crippen LogP contribution is 2.36. The largest absolute Gasteiger partial charge is 0.291 e. The molecule has 0 aliphatic heterocycles. The lowest BCUT2D eigenvalue weighted by Crippen LogP contribution is -2.24. The molecule has 0 aliphatic rings. The number of hydrogen-bond donors (Lipinski definition) is 0. The van der Waals surface area contributed by atoms with Gasteiger partial charge < -0.3 is 0 Å². The number of nitrogens with zero attached hydrogens (tertiary/aromatic N) is 1. The molecule has 23 heavy (non-hydrogen) atoms. The lowest BCUT2D eigenvalue weighted by molar-refractivity contribution is -0.533. The first kappa shape index (κ1) is 16.5. The van der Waals surface area contributed by atoms with Crippen molar-refractivity contribution in [3.8, 4) is 0 Å². The monoisotopic (exact) mass is 311 g/mol. The van der Waals surface area contributed by atoms with Crippen molar-refractivity contribution in [3.05, 3.63) is 81.9 Å². The van der Waals surface area contributed by atoms with E-state index < -0.39 is 23.5 Å². The quantitative estimate of drug-likeness (QED) is 0.446. The zero-order valence-corrected chi connectivity index (χ0v) is 12.7. The second-order valence-electron chi connectivity index (χ2n) is 5.34. The number of ketones is 2. The highest BCUT2D eigenvalue weighted by molar-refractivity contribution is 6.36. The molecule has 5 heteroatoms. The lowest BCUT2D eigenvalue weighted by Gasteiger charge is -2.21. The predicted molar refractivity (Wildman–Crippen MR) is 85.7 cm³/mol. The van der Waals surface area contributed by atoms with Gasteiger partial charge in [0, 0.05) is 23.8 Å². The van der Waals surface area contributed by atoms with Crippen LogP contribution in [0.15, 0.2) is 60.7 Å². The van der Waals surface area contributed by atoms with Crippen LogP contribution in [0.1, 0.15) is 36.4 Å². The average molecular weight is 311 g/mol. The van der Waals surface area contributed by atoms with Crippen LogP contribution in [-0.4, -0.2) is 16.5 Å². The van der Waals surface area contributed by atoms with Crippen LogP contribution in [0.2, 0.25) is 0 Å². The second kappa shape index (κ2) is 7.45. The first-order valence-corrected chi connectivity index (χ1v) is 7.28. The minimum atomic E-state index is -1.08. The summed E-state index contributed by atoms with van der Waals surface area (Å²) in [5.41, 5.74) is 1.19. The van der Waals surface area contributed by atoms with Gasteiger partial charge in [0.2, 0.25) is 6.04 Å². The Labute approximate surface area is 134 Å². The molecule has 0 bridgehead atoms. The van der Waals surface area contributed by atoms with Gasteiger partial charge in [0.15, 0.2) is 11.6 Å². The molecule has 0 unspecified atom stereocenters. The molecule has 0 N–H and O–H groups in total. The van der Waals surface area contributed by atoms with E-state index in [1.165, 1.54) is 6.92 Å². The standard InChI is InChI=1S/C18H17NO4/c1-13(20)17(21)12-16(14-8-4-2-5-9-14)18(19(22)23)15-10-6-3-7-11-15/h2-11,16,18H,12H2,1H3/t16-,18+/m1/s1. The molecular formula is C18H17NO4. The molecule has 5 nitrogen and oxygen atoms in total. The van der Waals surface area contributed by atoms with E-state index in [-0.39, 0.29) is 11.3 Å². The van der Waals surface area contributed by atoms with Gasteiger partial charge in [0.1, 0.15) is 0 Å². The number of hydrogen-bond acceptors (Lipinski definition) is 4. The van der Waals surface area contributed by atoms with Gasteiger partial charge in [-0.3, -0.25) is 19.7 Å². The summed E-state index contributed by atoms with van der Waals surface area (Å²) in [4.78, 5) is 34.5. The highest BCUT2D eigenvalue weighted by atomic mass is 16.6. The predicted octanol–water partition coefficient (Wildman–Crippen LogP) is 3.34. The maximum Gasteiger partial charge on any atom is 0.245 e. The summed E-state index contributed by atoms with van der Waals surface area (Å²) in [6.45, 7) is 1.19. The Kier molecular flexibility index (Phi) is 5.36.